The molecule has 2 aromatic rings. The molecule has 0 aliphatic carbocycles. The Balaban J connectivity index is 1.09. The van der Waals surface area contributed by atoms with Gasteiger partial charge in [0.05, 0.1) is 24.6 Å². The zero-order chi connectivity index (χ0) is 26.7. The van der Waals surface area contributed by atoms with E-state index in [-0.39, 0.29) is 18.2 Å². The van der Waals surface area contributed by atoms with Gasteiger partial charge in [-0.05, 0) is 81.6 Å². The van der Waals surface area contributed by atoms with Crippen LogP contribution in [0.1, 0.15) is 60.0 Å². The number of imide groups is 1. The van der Waals surface area contributed by atoms with E-state index in [0.29, 0.717) is 35.9 Å². The molecule has 0 spiro atoms. The first-order valence-electron chi connectivity index (χ1n) is 13.2. The highest BCUT2D eigenvalue weighted by Gasteiger charge is 2.40. The van der Waals surface area contributed by atoms with Crippen LogP contribution in [0.15, 0.2) is 42.5 Å². The highest BCUT2D eigenvalue weighted by Crippen LogP contribution is 2.36. The molecule has 198 valence electrons. The minimum absolute atomic E-state index is 0.198. The van der Waals surface area contributed by atoms with Crippen molar-refractivity contribution in [1.29, 1.82) is 5.26 Å². The number of ether oxygens (including phenoxy) is 1. The first-order chi connectivity index (χ1) is 18.4. The molecule has 38 heavy (non-hydrogen) atoms. The van der Waals surface area contributed by atoms with Crippen LogP contribution in [0.4, 0.5) is 0 Å². The van der Waals surface area contributed by atoms with Gasteiger partial charge >= 0.3 is 0 Å². The number of unbranched alkanes of at least 4 members (excludes halogenated alkanes) is 1. The predicted octanol–water partition coefficient (Wildman–Crippen LogP) is 3.82. The fraction of sp³-hybridized carbons (Fsp3) is 0.448. The van der Waals surface area contributed by atoms with E-state index in [1.807, 2.05) is 30.3 Å². The maximum Gasteiger partial charge on any atom is 0.255 e. The van der Waals surface area contributed by atoms with Gasteiger partial charge in [0.1, 0.15) is 11.8 Å². The number of halogens is 1. The monoisotopic (exact) mass is 534 g/mol. The van der Waals surface area contributed by atoms with Crippen molar-refractivity contribution < 1.29 is 19.1 Å². The van der Waals surface area contributed by atoms with Crippen LogP contribution < -0.4 is 10.1 Å². The third kappa shape index (κ3) is 5.27. The van der Waals surface area contributed by atoms with Gasteiger partial charge in [-0.15, -0.1) is 0 Å². The number of benzene rings is 2. The van der Waals surface area contributed by atoms with Crippen molar-refractivity contribution in [2.45, 2.75) is 56.5 Å². The smallest absolute Gasteiger partial charge is 0.255 e. The molecule has 2 fully saturated rings. The second kappa shape index (κ2) is 11.1. The average molecular weight is 535 g/mol. The van der Waals surface area contributed by atoms with Crippen molar-refractivity contribution in [3.05, 3.63) is 64.2 Å². The number of hydrogen-bond acceptors (Lipinski definition) is 6. The summed E-state index contributed by atoms with van der Waals surface area (Å²) in [5.74, 6) is -0.239. The number of carbonyl (C=O) groups excluding carboxylic acids is 3. The first-order valence-corrected chi connectivity index (χ1v) is 13.6. The molecule has 1 atom stereocenters. The summed E-state index contributed by atoms with van der Waals surface area (Å²) in [4.78, 5) is 40.7. The third-order valence-corrected chi connectivity index (χ3v) is 8.20. The lowest BCUT2D eigenvalue weighted by molar-refractivity contribution is -0.136. The van der Waals surface area contributed by atoms with E-state index in [9.17, 15) is 19.6 Å². The van der Waals surface area contributed by atoms with Crippen LogP contribution in [0, 0.1) is 11.3 Å². The average Bonchev–Trinajstić information content (AvgIpc) is 3.25. The Labute approximate surface area is 227 Å². The fourth-order valence-electron chi connectivity index (χ4n) is 5.72. The maximum absolute atomic E-state index is 13.0. The molecular formula is C29H31ClN4O4. The number of hydrogen-bond donors (Lipinski definition) is 1. The summed E-state index contributed by atoms with van der Waals surface area (Å²) in [5.41, 5.74) is 1.89. The molecule has 1 unspecified atom stereocenters. The van der Waals surface area contributed by atoms with Crippen LogP contribution in [0.2, 0.25) is 5.02 Å². The number of nitrogens with one attached hydrogen (secondary N) is 1. The summed E-state index contributed by atoms with van der Waals surface area (Å²) in [6.45, 7) is 3.51. The highest BCUT2D eigenvalue weighted by molar-refractivity contribution is 6.30. The summed E-state index contributed by atoms with van der Waals surface area (Å²) in [5, 5.41) is 12.9. The number of rotatable bonds is 8. The third-order valence-electron chi connectivity index (χ3n) is 7.97. The standard InChI is InChI=1S/C29H31ClN4O4/c30-21-6-3-5-20(17-21)29(19-31)11-14-33(15-12-29)13-1-2-16-38-25-8-4-7-22-23(25)18-34(28(22)37)24-9-10-26(35)32-27(24)36/h3-8,17,24H,1-2,9-16,18H2,(H,32,35,36). The van der Waals surface area contributed by atoms with E-state index in [4.69, 9.17) is 16.3 Å². The molecule has 3 amide bonds. The van der Waals surface area contributed by atoms with Crippen molar-refractivity contribution in [2.75, 3.05) is 26.2 Å². The lowest BCUT2D eigenvalue weighted by atomic mass is 9.74. The summed E-state index contributed by atoms with van der Waals surface area (Å²) in [6, 6.07) is 15.0. The summed E-state index contributed by atoms with van der Waals surface area (Å²) >= 11 is 6.17. The lowest BCUT2D eigenvalue weighted by Crippen LogP contribution is -2.52. The first kappa shape index (κ1) is 26.2. The molecule has 2 aromatic carbocycles. The minimum Gasteiger partial charge on any atom is -0.493 e. The van der Waals surface area contributed by atoms with Gasteiger partial charge < -0.3 is 14.5 Å². The molecule has 0 saturated carbocycles. The van der Waals surface area contributed by atoms with Gasteiger partial charge in [0.25, 0.3) is 5.91 Å². The zero-order valence-corrected chi connectivity index (χ0v) is 22.0. The second-order valence-corrected chi connectivity index (χ2v) is 10.7. The Kier molecular flexibility index (Phi) is 7.68. The maximum atomic E-state index is 13.0. The van der Waals surface area contributed by atoms with Gasteiger partial charge in [0, 0.05) is 22.6 Å². The van der Waals surface area contributed by atoms with E-state index in [1.165, 1.54) is 0 Å². The Morgan fingerprint density at radius 1 is 1.11 bits per heavy atom. The molecule has 0 aromatic heterocycles. The number of nitrogens with zero attached hydrogens (tertiary/aromatic N) is 3. The number of piperidine rings is 2. The number of amides is 3. The Hall–Kier alpha value is -3.41. The topological polar surface area (TPSA) is 103 Å². The van der Waals surface area contributed by atoms with Crippen molar-refractivity contribution in [1.82, 2.24) is 15.1 Å². The quantitative estimate of drug-likeness (QED) is 0.408. The van der Waals surface area contributed by atoms with Crippen LogP contribution in [-0.2, 0) is 21.5 Å². The van der Waals surface area contributed by atoms with Gasteiger partial charge in [0.15, 0.2) is 0 Å². The molecule has 3 aliphatic rings. The number of nitriles is 1. The highest BCUT2D eigenvalue weighted by atomic mass is 35.5. The Morgan fingerprint density at radius 2 is 1.89 bits per heavy atom. The van der Waals surface area contributed by atoms with Gasteiger partial charge in [-0.3, -0.25) is 19.7 Å². The number of likely N-dealkylation sites (tertiary alicyclic amines) is 1. The molecule has 3 heterocycles. The van der Waals surface area contributed by atoms with E-state index in [2.05, 4.69) is 16.3 Å². The number of fused-ring (bicyclic) bond motifs is 1. The molecule has 3 aliphatic heterocycles. The Bertz CT molecular complexity index is 1280. The Morgan fingerprint density at radius 3 is 2.63 bits per heavy atom. The molecule has 9 heteroatoms. The van der Waals surface area contributed by atoms with Gasteiger partial charge in [0.2, 0.25) is 11.8 Å². The predicted molar refractivity (Wildman–Crippen MR) is 142 cm³/mol. The summed E-state index contributed by atoms with van der Waals surface area (Å²) in [7, 11) is 0. The largest absolute Gasteiger partial charge is 0.493 e. The van der Waals surface area contributed by atoms with Crippen molar-refractivity contribution in [3.8, 4) is 11.8 Å². The van der Waals surface area contributed by atoms with E-state index in [1.54, 1.807) is 17.0 Å². The zero-order valence-electron chi connectivity index (χ0n) is 21.2. The SMILES string of the molecule is N#CC1(c2cccc(Cl)c2)CCN(CCCCOc2cccc3c2CN(C2CCC(=O)NC2=O)C3=O)CC1. The van der Waals surface area contributed by atoms with Crippen molar-refractivity contribution in [3.63, 3.8) is 0 Å². The molecule has 8 nitrogen and oxygen atoms in total. The van der Waals surface area contributed by atoms with Crippen LogP contribution in [-0.4, -0.2) is 59.8 Å². The number of carbonyl (C=O) groups is 3. The molecule has 5 rings (SSSR count). The van der Waals surface area contributed by atoms with Crippen LogP contribution >= 0.6 is 11.6 Å². The molecular weight excluding hydrogens is 504 g/mol. The fourth-order valence-corrected chi connectivity index (χ4v) is 5.91. The van der Waals surface area contributed by atoms with E-state index in [0.717, 1.165) is 56.4 Å². The lowest BCUT2D eigenvalue weighted by Gasteiger charge is -2.37. The summed E-state index contributed by atoms with van der Waals surface area (Å²) in [6.07, 6.45) is 3.97. The normalized spacial score (nSPS) is 21.1. The molecule has 1 N–H and O–H groups in total. The van der Waals surface area contributed by atoms with Crippen molar-refractivity contribution in [2.24, 2.45) is 0 Å². The molecule has 0 radical (unpaired) electrons. The molecule has 0 bridgehead atoms. The van der Waals surface area contributed by atoms with Crippen LogP contribution in [0.3, 0.4) is 0 Å². The van der Waals surface area contributed by atoms with E-state index >= 15 is 0 Å². The second-order valence-electron chi connectivity index (χ2n) is 10.3. The van der Waals surface area contributed by atoms with Crippen molar-refractivity contribution >= 4 is 29.3 Å². The van der Waals surface area contributed by atoms with Gasteiger partial charge in [-0.1, -0.05) is 29.8 Å². The van der Waals surface area contributed by atoms with Gasteiger partial charge in [-0.25, -0.2) is 0 Å². The van der Waals surface area contributed by atoms with Crippen LogP contribution in [0.5, 0.6) is 5.75 Å². The van der Waals surface area contributed by atoms with E-state index < -0.39 is 17.4 Å². The summed E-state index contributed by atoms with van der Waals surface area (Å²) < 4.78 is 6.08. The molecule has 2 saturated heterocycles. The van der Waals surface area contributed by atoms with Crippen LogP contribution in [0.25, 0.3) is 0 Å². The minimum atomic E-state index is -0.636. The van der Waals surface area contributed by atoms with Gasteiger partial charge in [-0.2, -0.15) is 5.26 Å².